The van der Waals surface area contributed by atoms with Crippen molar-refractivity contribution in [1.29, 1.82) is 0 Å². The first-order chi connectivity index (χ1) is 14.6. The van der Waals surface area contributed by atoms with Crippen LogP contribution in [0.4, 0.5) is 11.4 Å². The van der Waals surface area contributed by atoms with E-state index in [1.54, 1.807) is 0 Å². The third kappa shape index (κ3) is 4.84. The van der Waals surface area contributed by atoms with Gasteiger partial charge in [0.1, 0.15) is 6.04 Å². The molecule has 2 aromatic carbocycles. The van der Waals surface area contributed by atoms with Crippen molar-refractivity contribution in [3.8, 4) is 0 Å². The van der Waals surface area contributed by atoms with Gasteiger partial charge in [-0.1, -0.05) is 30.3 Å². The smallest absolute Gasteiger partial charge is 0.244 e. The maximum atomic E-state index is 12.9. The Morgan fingerprint density at radius 1 is 1.03 bits per heavy atom. The second kappa shape index (κ2) is 9.33. The summed E-state index contributed by atoms with van der Waals surface area (Å²) in [5.74, 6) is 1.00. The van der Waals surface area contributed by atoms with Gasteiger partial charge in [0, 0.05) is 37.4 Å². The molecule has 0 aromatic heterocycles. The molecule has 2 heterocycles. The molecule has 2 aliphatic heterocycles. The fourth-order valence-corrected chi connectivity index (χ4v) is 4.55. The molecule has 5 nitrogen and oxygen atoms in total. The Labute approximate surface area is 179 Å². The van der Waals surface area contributed by atoms with E-state index in [4.69, 9.17) is 0 Å². The molecule has 2 aromatic rings. The summed E-state index contributed by atoms with van der Waals surface area (Å²) in [4.78, 5) is 28.6. The standard InChI is InChI=1S/C25H31N3O2/c1-19(26-22-9-11-23(12-10-22)28-15-5-8-24(28)29)25(30)27-16-13-21(14-17-27)18-20-6-3-2-4-7-20/h2-4,6-7,9-12,19,21,26H,5,8,13-18H2,1H3. The average Bonchev–Trinajstić information content (AvgIpc) is 3.21. The van der Waals surface area contributed by atoms with E-state index in [9.17, 15) is 9.59 Å². The third-order valence-electron chi connectivity index (χ3n) is 6.30. The molecule has 2 aliphatic rings. The lowest BCUT2D eigenvalue weighted by Gasteiger charge is -2.34. The molecular weight excluding hydrogens is 374 g/mol. The summed E-state index contributed by atoms with van der Waals surface area (Å²) in [6.45, 7) is 4.38. The van der Waals surface area contributed by atoms with Gasteiger partial charge < -0.3 is 15.1 Å². The third-order valence-corrected chi connectivity index (χ3v) is 6.30. The zero-order valence-corrected chi connectivity index (χ0v) is 17.7. The van der Waals surface area contributed by atoms with Gasteiger partial charge in [-0.25, -0.2) is 0 Å². The molecule has 0 radical (unpaired) electrons. The number of piperidine rings is 1. The summed E-state index contributed by atoms with van der Waals surface area (Å²) >= 11 is 0. The van der Waals surface area contributed by atoms with Gasteiger partial charge in [0.2, 0.25) is 11.8 Å². The molecule has 0 bridgehead atoms. The summed E-state index contributed by atoms with van der Waals surface area (Å²) in [6, 6.07) is 18.2. The fraction of sp³-hybridized carbons (Fsp3) is 0.440. The van der Waals surface area contributed by atoms with E-state index in [1.165, 1.54) is 5.56 Å². The highest BCUT2D eigenvalue weighted by molar-refractivity contribution is 5.95. The van der Waals surface area contributed by atoms with Gasteiger partial charge in [0.25, 0.3) is 0 Å². The number of anilines is 2. The fourth-order valence-electron chi connectivity index (χ4n) is 4.55. The summed E-state index contributed by atoms with van der Waals surface area (Å²) < 4.78 is 0. The molecule has 2 saturated heterocycles. The van der Waals surface area contributed by atoms with Crippen molar-refractivity contribution >= 4 is 23.2 Å². The van der Waals surface area contributed by atoms with Crippen LogP contribution in [0.25, 0.3) is 0 Å². The van der Waals surface area contributed by atoms with Gasteiger partial charge in [0.15, 0.2) is 0 Å². The largest absolute Gasteiger partial charge is 0.374 e. The van der Waals surface area contributed by atoms with Crippen molar-refractivity contribution in [3.05, 3.63) is 60.2 Å². The van der Waals surface area contributed by atoms with Crippen molar-refractivity contribution in [1.82, 2.24) is 4.90 Å². The number of hydrogen-bond acceptors (Lipinski definition) is 3. The van der Waals surface area contributed by atoms with Crippen LogP contribution in [0.15, 0.2) is 54.6 Å². The highest BCUT2D eigenvalue weighted by atomic mass is 16.2. The number of rotatable bonds is 6. The van der Waals surface area contributed by atoms with E-state index in [-0.39, 0.29) is 17.9 Å². The first-order valence-corrected chi connectivity index (χ1v) is 11.1. The van der Waals surface area contributed by atoms with Crippen LogP contribution in [0.2, 0.25) is 0 Å². The highest BCUT2D eigenvalue weighted by Gasteiger charge is 2.26. The first kappa shape index (κ1) is 20.5. The lowest BCUT2D eigenvalue weighted by molar-refractivity contribution is -0.133. The van der Waals surface area contributed by atoms with Crippen molar-refractivity contribution in [2.45, 2.75) is 45.1 Å². The summed E-state index contributed by atoms with van der Waals surface area (Å²) in [5.41, 5.74) is 3.23. The summed E-state index contributed by atoms with van der Waals surface area (Å²) in [6.07, 6.45) is 4.78. The summed E-state index contributed by atoms with van der Waals surface area (Å²) in [5, 5.41) is 3.32. The zero-order chi connectivity index (χ0) is 20.9. The van der Waals surface area contributed by atoms with E-state index < -0.39 is 0 Å². The Balaban J connectivity index is 1.26. The Morgan fingerprint density at radius 3 is 2.37 bits per heavy atom. The van der Waals surface area contributed by atoms with E-state index in [0.717, 1.165) is 56.7 Å². The minimum Gasteiger partial charge on any atom is -0.374 e. The van der Waals surface area contributed by atoms with Crippen LogP contribution in [0.3, 0.4) is 0 Å². The van der Waals surface area contributed by atoms with E-state index >= 15 is 0 Å². The molecule has 5 heteroatoms. The zero-order valence-electron chi connectivity index (χ0n) is 17.7. The Kier molecular flexibility index (Phi) is 6.36. The molecule has 1 atom stereocenters. The minimum atomic E-state index is -0.269. The monoisotopic (exact) mass is 405 g/mol. The van der Waals surface area contributed by atoms with Crippen LogP contribution in [0.5, 0.6) is 0 Å². The average molecular weight is 406 g/mol. The van der Waals surface area contributed by atoms with Crippen LogP contribution in [0.1, 0.15) is 38.2 Å². The van der Waals surface area contributed by atoms with Crippen molar-refractivity contribution < 1.29 is 9.59 Å². The second-order valence-corrected chi connectivity index (χ2v) is 8.52. The van der Waals surface area contributed by atoms with Crippen LogP contribution in [0, 0.1) is 5.92 Å². The van der Waals surface area contributed by atoms with Gasteiger partial charge in [0.05, 0.1) is 0 Å². The molecule has 4 rings (SSSR count). The van der Waals surface area contributed by atoms with E-state index in [2.05, 4.69) is 35.6 Å². The predicted molar refractivity (Wildman–Crippen MR) is 121 cm³/mol. The lowest BCUT2D eigenvalue weighted by atomic mass is 9.90. The Morgan fingerprint density at radius 2 is 1.73 bits per heavy atom. The van der Waals surface area contributed by atoms with Crippen molar-refractivity contribution in [2.24, 2.45) is 5.92 Å². The number of nitrogens with one attached hydrogen (secondary N) is 1. The van der Waals surface area contributed by atoms with Crippen LogP contribution >= 0.6 is 0 Å². The highest BCUT2D eigenvalue weighted by Crippen LogP contribution is 2.25. The SMILES string of the molecule is CC(Nc1ccc(N2CCCC2=O)cc1)C(=O)N1CCC(Cc2ccccc2)CC1. The van der Waals surface area contributed by atoms with Gasteiger partial charge in [-0.3, -0.25) is 9.59 Å². The molecule has 0 aliphatic carbocycles. The van der Waals surface area contributed by atoms with E-state index in [0.29, 0.717) is 12.3 Å². The maximum absolute atomic E-state index is 12.9. The van der Waals surface area contributed by atoms with Crippen molar-refractivity contribution in [3.63, 3.8) is 0 Å². The Bertz CT molecular complexity index is 858. The number of nitrogens with zero attached hydrogens (tertiary/aromatic N) is 2. The minimum absolute atomic E-state index is 0.159. The number of amides is 2. The van der Waals surface area contributed by atoms with Gasteiger partial charge >= 0.3 is 0 Å². The van der Waals surface area contributed by atoms with E-state index in [1.807, 2.05) is 41.0 Å². The predicted octanol–water partition coefficient (Wildman–Crippen LogP) is 4.10. The molecule has 1 N–H and O–H groups in total. The molecule has 2 fully saturated rings. The second-order valence-electron chi connectivity index (χ2n) is 8.52. The Hall–Kier alpha value is -2.82. The quantitative estimate of drug-likeness (QED) is 0.787. The number of carbonyl (C=O) groups is 2. The number of hydrogen-bond donors (Lipinski definition) is 1. The normalized spacial score (nSPS) is 18.5. The first-order valence-electron chi connectivity index (χ1n) is 11.1. The number of carbonyl (C=O) groups excluding carboxylic acids is 2. The number of benzene rings is 2. The molecule has 0 saturated carbocycles. The van der Waals surface area contributed by atoms with Crippen LogP contribution < -0.4 is 10.2 Å². The van der Waals surface area contributed by atoms with Gasteiger partial charge in [-0.15, -0.1) is 0 Å². The van der Waals surface area contributed by atoms with Gasteiger partial charge in [-0.05, 0) is 68.4 Å². The molecule has 1 unspecified atom stereocenters. The van der Waals surface area contributed by atoms with Gasteiger partial charge in [-0.2, -0.15) is 0 Å². The topological polar surface area (TPSA) is 52.7 Å². The number of likely N-dealkylation sites (tertiary alicyclic amines) is 1. The molecular formula is C25H31N3O2. The van der Waals surface area contributed by atoms with Crippen LogP contribution in [-0.4, -0.2) is 42.4 Å². The molecule has 30 heavy (non-hydrogen) atoms. The summed E-state index contributed by atoms with van der Waals surface area (Å²) in [7, 11) is 0. The molecule has 158 valence electrons. The lowest BCUT2D eigenvalue weighted by Crippen LogP contribution is -2.45. The molecule has 0 spiro atoms. The maximum Gasteiger partial charge on any atom is 0.244 e. The van der Waals surface area contributed by atoms with Crippen molar-refractivity contribution in [2.75, 3.05) is 29.9 Å². The molecule has 2 amide bonds. The van der Waals surface area contributed by atoms with Crippen LogP contribution in [-0.2, 0) is 16.0 Å².